The first-order valence-electron chi connectivity index (χ1n) is 9.82. The van der Waals surface area contributed by atoms with Gasteiger partial charge in [-0.15, -0.1) is 0 Å². The molecule has 146 valence electrons. The van der Waals surface area contributed by atoms with Crippen LogP contribution in [-0.4, -0.2) is 56.9 Å². The van der Waals surface area contributed by atoms with E-state index < -0.39 is 35.1 Å². The van der Waals surface area contributed by atoms with Gasteiger partial charge in [0.2, 0.25) is 0 Å². The zero-order chi connectivity index (χ0) is 19.4. The second-order valence-corrected chi connectivity index (χ2v) is 9.48. The molecule has 27 heavy (non-hydrogen) atoms. The van der Waals surface area contributed by atoms with E-state index in [1.54, 1.807) is 12.2 Å². The minimum atomic E-state index is -1.94. The fourth-order valence-electron chi connectivity index (χ4n) is 7.29. The van der Waals surface area contributed by atoms with Crippen LogP contribution in [0.25, 0.3) is 0 Å². The predicted octanol–water partition coefficient (Wildman–Crippen LogP) is 0.689. The number of carbonyl (C=O) groups excluding carboxylic acids is 2. The molecule has 4 fully saturated rings. The van der Waals surface area contributed by atoms with E-state index in [0.717, 1.165) is 18.4 Å². The first-order valence-corrected chi connectivity index (χ1v) is 9.82. The Bertz CT molecular complexity index is 815. The molecule has 1 aliphatic heterocycles. The lowest BCUT2D eigenvalue weighted by Crippen LogP contribution is -2.63. The molecule has 5 rings (SSSR count). The maximum absolute atomic E-state index is 12.5. The summed E-state index contributed by atoms with van der Waals surface area (Å²) in [7, 11) is 0. The molecule has 6 heteroatoms. The lowest BCUT2D eigenvalue weighted by atomic mass is 9.47. The number of hydrogen-bond donors (Lipinski definition) is 3. The number of aliphatic hydroxyl groups is 3. The molecule has 1 saturated heterocycles. The second-order valence-electron chi connectivity index (χ2n) is 9.48. The Hall–Kier alpha value is -1.34. The van der Waals surface area contributed by atoms with E-state index in [4.69, 9.17) is 4.74 Å². The zero-order valence-corrected chi connectivity index (χ0v) is 15.6. The molecule has 0 radical (unpaired) electrons. The monoisotopic (exact) mass is 374 g/mol. The zero-order valence-electron chi connectivity index (χ0n) is 15.6. The average Bonchev–Trinajstić information content (AvgIpc) is 3.31. The topological polar surface area (TPSA) is 107 Å². The fraction of sp³-hybridized carbons (Fsp3) is 0.714. The Balaban J connectivity index is 1.60. The highest BCUT2D eigenvalue weighted by atomic mass is 16.6. The molecule has 0 aromatic rings. The van der Waals surface area contributed by atoms with E-state index in [1.165, 1.54) is 0 Å². The van der Waals surface area contributed by atoms with Gasteiger partial charge in [0.1, 0.15) is 12.2 Å². The maximum Gasteiger partial charge on any atom is 0.192 e. The van der Waals surface area contributed by atoms with E-state index in [9.17, 15) is 24.9 Å². The van der Waals surface area contributed by atoms with Crippen LogP contribution in [-0.2, 0) is 14.3 Å². The van der Waals surface area contributed by atoms with Gasteiger partial charge < -0.3 is 20.1 Å². The molecule has 4 aliphatic carbocycles. The van der Waals surface area contributed by atoms with E-state index >= 15 is 0 Å². The van der Waals surface area contributed by atoms with Gasteiger partial charge in [-0.25, -0.2) is 0 Å². The highest BCUT2D eigenvalue weighted by Crippen LogP contribution is 2.75. The molecule has 1 heterocycles. The van der Waals surface area contributed by atoms with Crippen LogP contribution in [0.5, 0.6) is 0 Å². The van der Waals surface area contributed by atoms with Crippen molar-refractivity contribution in [3.63, 3.8) is 0 Å². The Kier molecular flexibility index (Phi) is 3.27. The molecule has 3 N–H and O–H groups in total. The van der Waals surface area contributed by atoms with Crippen molar-refractivity contribution in [2.24, 2.45) is 22.7 Å². The van der Waals surface area contributed by atoms with Gasteiger partial charge >= 0.3 is 0 Å². The van der Waals surface area contributed by atoms with Crippen LogP contribution in [0, 0.1) is 22.7 Å². The summed E-state index contributed by atoms with van der Waals surface area (Å²) in [5, 5.41) is 31.3. The minimum absolute atomic E-state index is 0.00868. The number of ether oxygens (including phenoxy) is 1. The predicted molar refractivity (Wildman–Crippen MR) is 94.5 cm³/mol. The molecule has 0 amide bonds. The van der Waals surface area contributed by atoms with Crippen molar-refractivity contribution < 1.29 is 29.6 Å². The summed E-state index contributed by atoms with van der Waals surface area (Å²) in [5.74, 6) is -0.708. The summed E-state index contributed by atoms with van der Waals surface area (Å²) in [6, 6.07) is 0. The third kappa shape index (κ3) is 1.73. The quantitative estimate of drug-likeness (QED) is 0.614. The van der Waals surface area contributed by atoms with Crippen molar-refractivity contribution in [1.29, 1.82) is 0 Å². The number of carbonyl (C=O) groups is 2. The number of Topliss-reactive ketones (excluding diaryl/α,β-unsaturated/α-hetero) is 1. The number of aliphatic hydroxyl groups excluding tert-OH is 2. The van der Waals surface area contributed by atoms with Crippen molar-refractivity contribution in [1.82, 2.24) is 0 Å². The molecule has 0 aromatic heterocycles. The molecule has 0 aromatic carbocycles. The molecule has 3 saturated carbocycles. The highest BCUT2D eigenvalue weighted by molar-refractivity contribution is 6.01. The molecule has 5 aliphatic rings. The summed E-state index contributed by atoms with van der Waals surface area (Å²) >= 11 is 0. The van der Waals surface area contributed by atoms with Crippen molar-refractivity contribution in [2.75, 3.05) is 6.61 Å². The first-order chi connectivity index (χ1) is 12.6. The lowest BCUT2D eigenvalue weighted by Gasteiger charge is -2.55. The van der Waals surface area contributed by atoms with Gasteiger partial charge in [0.15, 0.2) is 17.2 Å². The van der Waals surface area contributed by atoms with E-state index in [2.05, 4.69) is 6.92 Å². The van der Waals surface area contributed by atoms with Crippen LogP contribution in [0.3, 0.4) is 0 Å². The summed E-state index contributed by atoms with van der Waals surface area (Å²) in [4.78, 5) is 24.3. The Morgan fingerprint density at radius 1 is 1.33 bits per heavy atom. The average molecular weight is 374 g/mol. The van der Waals surface area contributed by atoms with Crippen molar-refractivity contribution in [2.45, 2.75) is 62.9 Å². The third-order valence-corrected chi connectivity index (χ3v) is 8.72. The van der Waals surface area contributed by atoms with Gasteiger partial charge in [0.25, 0.3) is 0 Å². The van der Waals surface area contributed by atoms with E-state index in [-0.39, 0.29) is 29.1 Å². The molecule has 8 atom stereocenters. The van der Waals surface area contributed by atoms with Crippen molar-refractivity contribution >= 4 is 11.6 Å². The molecular weight excluding hydrogens is 348 g/mol. The standard InChI is InChI=1S/C21H26O6/c1-18-6-5-12(23)7-11(18)3-4-13-14-8-15(24)20(26,16(25)10-22)19(14,2)9-17-21(13,18)27-17/h5-7,13-15,17,22,24,26H,3-4,8-10H2,1-2H3/t13-,14-,15+,17-,18-,19-,20-,21+/m0/s1. The van der Waals surface area contributed by atoms with Gasteiger partial charge in [-0.1, -0.05) is 18.6 Å². The van der Waals surface area contributed by atoms with E-state index in [0.29, 0.717) is 12.8 Å². The van der Waals surface area contributed by atoms with Crippen LogP contribution in [0.1, 0.15) is 39.5 Å². The number of rotatable bonds is 2. The number of fused-ring (bicyclic) bond motifs is 3. The molecular formula is C21H26O6. The van der Waals surface area contributed by atoms with Crippen LogP contribution >= 0.6 is 0 Å². The van der Waals surface area contributed by atoms with Crippen molar-refractivity contribution in [3.05, 3.63) is 23.8 Å². The summed E-state index contributed by atoms with van der Waals surface area (Å²) in [6.07, 6.45) is 6.33. The summed E-state index contributed by atoms with van der Waals surface area (Å²) < 4.78 is 6.35. The van der Waals surface area contributed by atoms with Gasteiger partial charge in [-0.3, -0.25) is 9.59 Å². The lowest BCUT2D eigenvalue weighted by molar-refractivity contribution is -0.173. The Morgan fingerprint density at radius 2 is 2.07 bits per heavy atom. The van der Waals surface area contributed by atoms with Crippen molar-refractivity contribution in [3.8, 4) is 0 Å². The highest BCUT2D eigenvalue weighted by Gasteiger charge is 2.82. The largest absolute Gasteiger partial charge is 0.390 e. The summed E-state index contributed by atoms with van der Waals surface area (Å²) in [5.41, 5.74) is -2.50. The van der Waals surface area contributed by atoms with Crippen LogP contribution < -0.4 is 0 Å². The van der Waals surface area contributed by atoms with Gasteiger partial charge in [0, 0.05) is 10.8 Å². The third-order valence-electron chi connectivity index (χ3n) is 8.72. The Labute approximate surface area is 157 Å². The molecule has 6 nitrogen and oxygen atoms in total. The van der Waals surface area contributed by atoms with Gasteiger partial charge in [0.05, 0.1) is 12.2 Å². The maximum atomic E-state index is 12.5. The molecule has 1 spiro atoms. The smallest absolute Gasteiger partial charge is 0.192 e. The second kappa shape index (κ2) is 4.98. The van der Waals surface area contributed by atoms with E-state index in [1.807, 2.05) is 13.0 Å². The molecule has 0 bridgehead atoms. The fourth-order valence-corrected chi connectivity index (χ4v) is 7.29. The van der Waals surface area contributed by atoms with Gasteiger partial charge in [-0.2, -0.15) is 0 Å². The molecule has 0 unspecified atom stereocenters. The number of hydrogen-bond acceptors (Lipinski definition) is 6. The van der Waals surface area contributed by atoms with Crippen LogP contribution in [0.15, 0.2) is 23.8 Å². The Morgan fingerprint density at radius 3 is 2.78 bits per heavy atom. The minimum Gasteiger partial charge on any atom is -0.390 e. The van der Waals surface area contributed by atoms with Crippen LogP contribution in [0.4, 0.5) is 0 Å². The van der Waals surface area contributed by atoms with Gasteiger partial charge in [-0.05, 0) is 56.6 Å². The summed E-state index contributed by atoms with van der Waals surface area (Å²) in [6.45, 7) is 3.20. The number of ketones is 2. The number of allylic oxidation sites excluding steroid dienone is 2. The normalized spacial score (nSPS) is 55.1. The number of epoxide rings is 1. The van der Waals surface area contributed by atoms with Crippen LogP contribution in [0.2, 0.25) is 0 Å². The first kappa shape index (κ1) is 17.7. The SMILES string of the molecule is C[C@]12C=CC(=O)C=C1CC[C@H]1[C@@H]3C[C@@H](O)[C@](O)(C(=O)CO)[C@@]3(C)C[C@@H]3O[C@@]312.